The molecule has 178 valence electrons. The number of anilines is 2. The van der Waals surface area contributed by atoms with Crippen LogP contribution in [0.15, 0.2) is 71.2 Å². The molecule has 3 aromatic rings. The fraction of sp³-hybridized carbons (Fsp3) is 0.286. The van der Waals surface area contributed by atoms with E-state index in [1.165, 1.54) is 5.56 Å². The second kappa shape index (κ2) is 10.9. The van der Waals surface area contributed by atoms with Crippen molar-refractivity contribution < 1.29 is 14.3 Å². The lowest BCUT2D eigenvalue weighted by Gasteiger charge is -2.19. The van der Waals surface area contributed by atoms with Gasteiger partial charge in [-0.2, -0.15) is 0 Å². The van der Waals surface area contributed by atoms with Crippen LogP contribution in [0.25, 0.3) is 0 Å². The lowest BCUT2D eigenvalue weighted by Crippen LogP contribution is -2.14. The zero-order valence-corrected chi connectivity index (χ0v) is 21.8. The Hall–Kier alpha value is -3.12. The molecule has 0 spiro atoms. The van der Waals surface area contributed by atoms with Gasteiger partial charge in [-0.1, -0.05) is 46.8 Å². The van der Waals surface area contributed by atoms with Crippen molar-refractivity contribution in [3.63, 3.8) is 0 Å². The molecule has 5 nitrogen and oxygen atoms in total. The van der Waals surface area contributed by atoms with Gasteiger partial charge in [0.05, 0.1) is 11.1 Å². The summed E-state index contributed by atoms with van der Waals surface area (Å²) < 4.78 is 6.47. The first-order valence-corrected chi connectivity index (χ1v) is 12.1. The number of carbonyl (C=O) groups excluding carboxylic acids is 2. The summed E-state index contributed by atoms with van der Waals surface area (Å²) in [6.45, 7) is 11.2. The van der Waals surface area contributed by atoms with Crippen LogP contribution in [0.1, 0.15) is 60.9 Å². The Bertz CT molecular complexity index is 1150. The maximum absolute atomic E-state index is 12.6. The minimum Gasteiger partial charge on any atom is -0.492 e. The molecule has 0 aliphatic rings. The molecule has 0 heterocycles. The number of ether oxygens (including phenoxy) is 1. The maximum Gasteiger partial charge on any atom is 0.255 e. The number of nitrogens with one attached hydrogen (secondary N) is 2. The Morgan fingerprint density at radius 1 is 0.824 bits per heavy atom. The van der Waals surface area contributed by atoms with Crippen molar-refractivity contribution in [2.45, 2.75) is 40.0 Å². The molecule has 0 unspecified atom stereocenters. The Labute approximate surface area is 210 Å². The smallest absolute Gasteiger partial charge is 0.255 e. The van der Waals surface area contributed by atoms with Crippen LogP contribution in [-0.4, -0.2) is 18.4 Å². The number of hydrogen-bond donors (Lipinski definition) is 2. The van der Waals surface area contributed by atoms with E-state index in [1.807, 2.05) is 24.3 Å². The first-order valence-electron chi connectivity index (χ1n) is 11.3. The van der Waals surface area contributed by atoms with Gasteiger partial charge in [-0.3, -0.25) is 9.59 Å². The van der Waals surface area contributed by atoms with Gasteiger partial charge < -0.3 is 15.4 Å². The molecule has 0 fully saturated rings. The minimum absolute atomic E-state index is 0.0366. The van der Waals surface area contributed by atoms with Crippen LogP contribution in [0, 0.1) is 5.92 Å². The molecule has 0 aliphatic carbocycles. The van der Waals surface area contributed by atoms with Crippen LogP contribution in [0.4, 0.5) is 11.4 Å². The maximum atomic E-state index is 12.6. The molecule has 34 heavy (non-hydrogen) atoms. The number of amides is 2. The molecular weight excluding hydrogens is 492 g/mol. The van der Waals surface area contributed by atoms with Gasteiger partial charge in [0.15, 0.2) is 0 Å². The van der Waals surface area contributed by atoms with Gasteiger partial charge in [0.25, 0.3) is 11.8 Å². The van der Waals surface area contributed by atoms with Gasteiger partial charge in [0, 0.05) is 22.5 Å². The fourth-order valence-corrected chi connectivity index (χ4v) is 3.67. The van der Waals surface area contributed by atoms with Gasteiger partial charge in [-0.25, -0.2) is 0 Å². The summed E-state index contributed by atoms with van der Waals surface area (Å²) in [4.78, 5) is 25.2. The molecule has 2 amide bonds. The van der Waals surface area contributed by atoms with Crippen molar-refractivity contribution in [2.24, 2.45) is 5.92 Å². The summed E-state index contributed by atoms with van der Waals surface area (Å²) in [6, 6.07) is 19.9. The highest BCUT2D eigenvalue weighted by Gasteiger charge is 2.15. The van der Waals surface area contributed by atoms with Crippen molar-refractivity contribution in [3.8, 4) is 5.75 Å². The van der Waals surface area contributed by atoms with Crippen molar-refractivity contribution in [1.82, 2.24) is 0 Å². The lowest BCUT2D eigenvalue weighted by atomic mass is 9.87. The van der Waals surface area contributed by atoms with Crippen molar-refractivity contribution in [2.75, 3.05) is 17.2 Å². The number of benzene rings is 3. The molecule has 0 radical (unpaired) electrons. The third-order valence-electron chi connectivity index (χ3n) is 5.18. The predicted molar refractivity (Wildman–Crippen MR) is 142 cm³/mol. The van der Waals surface area contributed by atoms with Crippen LogP contribution < -0.4 is 15.4 Å². The van der Waals surface area contributed by atoms with E-state index in [9.17, 15) is 9.59 Å². The van der Waals surface area contributed by atoms with E-state index in [0.29, 0.717) is 40.8 Å². The topological polar surface area (TPSA) is 67.4 Å². The highest BCUT2D eigenvalue weighted by Crippen LogP contribution is 2.27. The van der Waals surface area contributed by atoms with Gasteiger partial charge in [0.2, 0.25) is 0 Å². The second-order valence-electron chi connectivity index (χ2n) is 9.66. The molecule has 0 saturated heterocycles. The van der Waals surface area contributed by atoms with E-state index in [4.69, 9.17) is 4.74 Å². The molecule has 0 aliphatic heterocycles. The highest BCUT2D eigenvalue weighted by atomic mass is 79.9. The monoisotopic (exact) mass is 522 g/mol. The Morgan fingerprint density at radius 2 is 1.32 bits per heavy atom. The van der Waals surface area contributed by atoms with E-state index in [2.05, 4.69) is 61.2 Å². The second-order valence-corrected chi connectivity index (χ2v) is 10.5. The van der Waals surface area contributed by atoms with E-state index >= 15 is 0 Å². The predicted octanol–water partition coefficient (Wildman–Crippen LogP) is 7.29. The summed E-state index contributed by atoms with van der Waals surface area (Å²) in [5, 5.41) is 5.76. The summed E-state index contributed by atoms with van der Waals surface area (Å²) in [7, 11) is 0. The Kier molecular flexibility index (Phi) is 8.15. The van der Waals surface area contributed by atoms with E-state index in [0.717, 1.165) is 4.47 Å². The van der Waals surface area contributed by atoms with Crippen molar-refractivity contribution in [3.05, 3.63) is 87.9 Å². The molecule has 6 heteroatoms. The average molecular weight is 523 g/mol. The standard InChI is InChI=1S/C28H31BrN2O3/c1-18(2)17-34-25-15-8-20(16-24(25)29)27(33)31-23-13-11-22(12-14-23)30-26(32)19-6-9-21(10-7-19)28(3,4)5/h6-16,18H,17H2,1-5H3,(H,30,32)(H,31,33). The van der Waals surface area contributed by atoms with Crippen LogP contribution >= 0.6 is 15.9 Å². The van der Waals surface area contributed by atoms with E-state index in [1.54, 1.807) is 42.5 Å². The largest absolute Gasteiger partial charge is 0.492 e. The molecular formula is C28H31BrN2O3. The van der Waals surface area contributed by atoms with Crippen molar-refractivity contribution in [1.29, 1.82) is 0 Å². The van der Waals surface area contributed by atoms with E-state index < -0.39 is 0 Å². The molecule has 2 N–H and O–H groups in total. The fourth-order valence-electron chi connectivity index (χ4n) is 3.18. The lowest BCUT2D eigenvalue weighted by molar-refractivity contribution is 0.101. The van der Waals surface area contributed by atoms with Crippen LogP contribution in [0.2, 0.25) is 0 Å². The summed E-state index contributed by atoms with van der Waals surface area (Å²) in [5.41, 5.74) is 3.60. The van der Waals surface area contributed by atoms with E-state index in [-0.39, 0.29) is 17.2 Å². The zero-order chi connectivity index (χ0) is 24.9. The number of rotatable bonds is 7. The van der Waals surface area contributed by atoms with Crippen LogP contribution in [-0.2, 0) is 5.41 Å². The minimum atomic E-state index is -0.230. The quantitative estimate of drug-likeness (QED) is 0.342. The van der Waals surface area contributed by atoms with Gasteiger partial charge >= 0.3 is 0 Å². The van der Waals surface area contributed by atoms with Gasteiger partial charge in [0.1, 0.15) is 5.75 Å². The summed E-state index contributed by atoms with van der Waals surface area (Å²) in [6.07, 6.45) is 0. The SMILES string of the molecule is CC(C)COc1ccc(C(=O)Nc2ccc(NC(=O)c3ccc(C(C)(C)C)cc3)cc2)cc1Br. The zero-order valence-electron chi connectivity index (χ0n) is 20.2. The molecule has 0 aromatic heterocycles. The Morgan fingerprint density at radius 3 is 1.79 bits per heavy atom. The first-order chi connectivity index (χ1) is 16.0. The molecule has 0 saturated carbocycles. The molecule has 0 atom stereocenters. The third-order valence-corrected chi connectivity index (χ3v) is 5.80. The van der Waals surface area contributed by atoms with Crippen molar-refractivity contribution >= 4 is 39.1 Å². The molecule has 3 aromatic carbocycles. The van der Waals surface area contributed by atoms with Gasteiger partial charge in [-0.15, -0.1) is 0 Å². The normalized spacial score (nSPS) is 11.3. The average Bonchev–Trinajstić information content (AvgIpc) is 2.79. The third kappa shape index (κ3) is 6.94. The molecule has 0 bridgehead atoms. The number of halogens is 1. The summed E-state index contributed by atoms with van der Waals surface area (Å²) >= 11 is 3.47. The number of hydrogen-bond acceptors (Lipinski definition) is 3. The van der Waals surface area contributed by atoms with Gasteiger partial charge in [-0.05, 0) is 87.4 Å². The number of carbonyl (C=O) groups is 2. The molecule has 3 rings (SSSR count). The van der Waals surface area contributed by atoms with Crippen LogP contribution in [0.5, 0.6) is 5.75 Å². The van der Waals surface area contributed by atoms with Crippen LogP contribution in [0.3, 0.4) is 0 Å². The summed E-state index contributed by atoms with van der Waals surface area (Å²) in [5.74, 6) is 0.712. The first kappa shape index (κ1) is 25.5. The Balaban J connectivity index is 1.59. The highest BCUT2D eigenvalue weighted by molar-refractivity contribution is 9.10.